The SMILES string of the molecule is CCc1nc(C2CN(c3nc(-c4cccnc4)nc4sc5c(c34)CCC5)CCO2)n[nH]1. The van der Waals surface area contributed by atoms with Crippen molar-refractivity contribution in [1.82, 2.24) is 30.1 Å². The van der Waals surface area contributed by atoms with Gasteiger partial charge in [-0.15, -0.1) is 11.3 Å². The maximum Gasteiger partial charge on any atom is 0.181 e. The highest BCUT2D eigenvalue weighted by Gasteiger charge is 2.30. The number of rotatable bonds is 4. The molecule has 9 heteroatoms. The van der Waals surface area contributed by atoms with E-state index in [2.05, 4.69) is 32.0 Å². The van der Waals surface area contributed by atoms with Gasteiger partial charge in [-0.05, 0) is 37.0 Å². The number of nitrogens with zero attached hydrogens (tertiary/aromatic N) is 6. The van der Waals surface area contributed by atoms with Gasteiger partial charge < -0.3 is 9.64 Å². The third kappa shape index (κ3) is 3.28. The molecule has 1 aliphatic carbocycles. The monoisotopic (exact) mass is 433 g/mol. The standard InChI is InChI=1S/C22H23N7OS/c1-2-17-24-20(28-27-17)15-12-29(9-10-30-15)21-18-14-6-3-7-16(14)31-22(18)26-19(25-21)13-5-4-8-23-11-13/h4-5,8,11,15H,2-3,6-7,9-10,12H2,1H3,(H,24,27,28). The zero-order valence-electron chi connectivity index (χ0n) is 17.3. The molecule has 2 aliphatic rings. The van der Waals surface area contributed by atoms with E-state index in [9.17, 15) is 0 Å². The second-order valence-electron chi connectivity index (χ2n) is 7.95. The summed E-state index contributed by atoms with van der Waals surface area (Å²) in [4.78, 5) is 23.7. The number of morpholine rings is 1. The van der Waals surface area contributed by atoms with Crippen LogP contribution >= 0.6 is 11.3 Å². The number of thiophene rings is 1. The van der Waals surface area contributed by atoms with Crippen molar-refractivity contribution < 1.29 is 4.74 Å². The van der Waals surface area contributed by atoms with Crippen LogP contribution in [0.25, 0.3) is 21.6 Å². The van der Waals surface area contributed by atoms with Gasteiger partial charge in [0, 0.05) is 35.8 Å². The minimum absolute atomic E-state index is 0.177. The first-order valence-electron chi connectivity index (χ1n) is 10.8. The third-order valence-corrected chi connectivity index (χ3v) is 7.19. The van der Waals surface area contributed by atoms with E-state index in [0.29, 0.717) is 13.2 Å². The molecule has 1 aliphatic heterocycles. The number of hydrogen-bond acceptors (Lipinski definition) is 8. The van der Waals surface area contributed by atoms with E-state index >= 15 is 0 Å². The molecule has 6 rings (SSSR count). The van der Waals surface area contributed by atoms with E-state index < -0.39 is 0 Å². The van der Waals surface area contributed by atoms with E-state index in [0.717, 1.165) is 59.5 Å². The summed E-state index contributed by atoms with van der Waals surface area (Å²) in [6, 6.07) is 3.94. The van der Waals surface area contributed by atoms with E-state index in [1.807, 2.05) is 29.7 Å². The number of ether oxygens (including phenoxy) is 1. The minimum Gasteiger partial charge on any atom is -0.366 e. The molecular formula is C22H23N7OS. The molecule has 31 heavy (non-hydrogen) atoms. The number of fused-ring (bicyclic) bond motifs is 3. The summed E-state index contributed by atoms with van der Waals surface area (Å²) in [7, 11) is 0. The van der Waals surface area contributed by atoms with Crippen LogP contribution in [0.15, 0.2) is 24.5 Å². The van der Waals surface area contributed by atoms with Gasteiger partial charge in [-0.3, -0.25) is 10.1 Å². The van der Waals surface area contributed by atoms with Gasteiger partial charge in [0.1, 0.15) is 22.6 Å². The summed E-state index contributed by atoms with van der Waals surface area (Å²) >= 11 is 1.82. The zero-order valence-corrected chi connectivity index (χ0v) is 18.2. The van der Waals surface area contributed by atoms with Crippen LogP contribution in [-0.4, -0.2) is 49.8 Å². The summed E-state index contributed by atoms with van der Waals surface area (Å²) in [5, 5.41) is 8.61. The summed E-state index contributed by atoms with van der Waals surface area (Å²) in [6.07, 6.45) is 7.71. The topological polar surface area (TPSA) is 92.7 Å². The molecule has 4 aromatic heterocycles. The van der Waals surface area contributed by atoms with Gasteiger partial charge in [0.15, 0.2) is 11.6 Å². The molecule has 8 nitrogen and oxygen atoms in total. The van der Waals surface area contributed by atoms with Crippen LogP contribution in [0.4, 0.5) is 5.82 Å². The number of pyridine rings is 1. The number of aromatic nitrogens is 6. The Hall–Kier alpha value is -2.91. The number of aryl methyl sites for hydroxylation is 3. The molecule has 1 N–H and O–H groups in total. The highest BCUT2D eigenvalue weighted by molar-refractivity contribution is 7.19. The lowest BCUT2D eigenvalue weighted by molar-refractivity contribution is 0.0340. The fourth-order valence-electron chi connectivity index (χ4n) is 4.44. The Bertz CT molecular complexity index is 1240. The molecule has 158 valence electrons. The van der Waals surface area contributed by atoms with Crippen LogP contribution in [0.2, 0.25) is 0 Å². The molecule has 0 saturated carbocycles. The van der Waals surface area contributed by atoms with Crippen LogP contribution in [0.5, 0.6) is 0 Å². The number of hydrogen-bond donors (Lipinski definition) is 1. The first-order valence-corrected chi connectivity index (χ1v) is 11.6. The average Bonchev–Trinajstić information content (AvgIpc) is 3.55. The van der Waals surface area contributed by atoms with E-state index in [-0.39, 0.29) is 6.10 Å². The van der Waals surface area contributed by atoms with Gasteiger partial charge >= 0.3 is 0 Å². The van der Waals surface area contributed by atoms with Crippen LogP contribution < -0.4 is 4.90 Å². The first kappa shape index (κ1) is 18.8. The highest BCUT2D eigenvalue weighted by Crippen LogP contribution is 2.42. The van der Waals surface area contributed by atoms with Crippen LogP contribution in [-0.2, 0) is 24.0 Å². The predicted octanol–water partition coefficient (Wildman–Crippen LogP) is 3.50. The van der Waals surface area contributed by atoms with Crippen molar-refractivity contribution in [3.8, 4) is 11.4 Å². The summed E-state index contributed by atoms with van der Waals surface area (Å²) < 4.78 is 6.04. The van der Waals surface area contributed by atoms with Crippen molar-refractivity contribution in [2.45, 2.75) is 38.7 Å². The Morgan fingerprint density at radius 2 is 2.23 bits per heavy atom. The fraction of sp³-hybridized carbons (Fsp3) is 0.409. The van der Waals surface area contributed by atoms with E-state index in [1.165, 1.54) is 22.2 Å². The Kier molecular flexibility index (Phi) is 4.65. The Balaban J connectivity index is 1.44. The molecule has 1 atom stereocenters. The quantitative estimate of drug-likeness (QED) is 0.526. The van der Waals surface area contributed by atoms with Crippen LogP contribution in [0, 0.1) is 0 Å². The van der Waals surface area contributed by atoms with Crippen molar-refractivity contribution in [1.29, 1.82) is 0 Å². The molecule has 5 heterocycles. The second kappa shape index (κ2) is 7.65. The van der Waals surface area contributed by atoms with Crippen LogP contribution in [0.3, 0.4) is 0 Å². The maximum atomic E-state index is 6.04. The van der Waals surface area contributed by atoms with Crippen molar-refractivity contribution in [2.75, 3.05) is 24.6 Å². The van der Waals surface area contributed by atoms with Gasteiger partial charge in [0.25, 0.3) is 0 Å². The number of H-pyrrole nitrogens is 1. The molecule has 0 amide bonds. The van der Waals surface area contributed by atoms with Gasteiger partial charge in [-0.2, -0.15) is 5.10 Å². The number of anilines is 1. The zero-order chi connectivity index (χ0) is 20.8. The lowest BCUT2D eigenvalue weighted by Gasteiger charge is -2.33. The summed E-state index contributed by atoms with van der Waals surface area (Å²) in [5.41, 5.74) is 2.37. The molecule has 4 aromatic rings. The van der Waals surface area contributed by atoms with E-state index in [1.54, 1.807) is 6.20 Å². The highest BCUT2D eigenvalue weighted by atomic mass is 32.1. The second-order valence-corrected chi connectivity index (χ2v) is 9.03. The predicted molar refractivity (Wildman–Crippen MR) is 119 cm³/mol. The van der Waals surface area contributed by atoms with Gasteiger partial charge in [0.2, 0.25) is 0 Å². The molecule has 0 aromatic carbocycles. The normalized spacial score (nSPS) is 18.6. The van der Waals surface area contributed by atoms with Gasteiger partial charge in [-0.25, -0.2) is 15.0 Å². The van der Waals surface area contributed by atoms with Crippen molar-refractivity contribution in [3.63, 3.8) is 0 Å². The molecule has 0 bridgehead atoms. The maximum absolute atomic E-state index is 6.04. The third-order valence-electron chi connectivity index (χ3n) is 6.00. The first-order chi connectivity index (χ1) is 15.3. The Labute approximate surface area is 183 Å². The molecule has 1 saturated heterocycles. The fourth-order valence-corrected chi connectivity index (χ4v) is 5.70. The smallest absolute Gasteiger partial charge is 0.181 e. The summed E-state index contributed by atoms with van der Waals surface area (Å²) in [5.74, 6) is 3.33. The van der Waals surface area contributed by atoms with Crippen molar-refractivity contribution >= 4 is 27.4 Å². The number of nitrogens with one attached hydrogen (secondary N) is 1. The molecule has 0 spiro atoms. The minimum atomic E-state index is -0.177. The number of aromatic amines is 1. The largest absolute Gasteiger partial charge is 0.366 e. The van der Waals surface area contributed by atoms with Crippen molar-refractivity contribution in [2.24, 2.45) is 0 Å². The molecule has 0 radical (unpaired) electrons. The van der Waals surface area contributed by atoms with Crippen LogP contribution in [0.1, 0.15) is 41.5 Å². The van der Waals surface area contributed by atoms with E-state index in [4.69, 9.17) is 14.7 Å². The average molecular weight is 434 g/mol. The molecule has 1 fully saturated rings. The Morgan fingerprint density at radius 3 is 3.06 bits per heavy atom. The van der Waals surface area contributed by atoms with Crippen molar-refractivity contribution in [3.05, 3.63) is 46.6 Å². The lowest BCUT2D eigenvalue weighted by atomic mass is 10.1. The summed E-state index contributed by atoms with van der Waals surface area (Å²) in [6.45, 7) is 4.13. The Morgan fingerprint density at radius 1 is 1.26 bits per heavy atom. The molecule has 1 unspecified atom stereocenters. The lowest BCUT2D eigenvalue weighted by Crippen LogP contribution is -2.39. The van der Waals surface area contributed by atoms with Gasteiger partial charge in [0.05, 0.1) is 18.5 Å². The van der Waals surface area contributed by atoms with Gasteiger partial charge in [-0.1, -0.05) is 6.92 Å². The molecular weight excluding hydrogens is 410 g/mol.